The molecule has 156 valence electrons. The highest BCUT2D eigenvalue weighted by Crippen LogP contribution is 2.16. The molecular formula is C21H29N4O3S+. The molecule has 2 aromatic rings. The number of thiazole rings is 1. The maximum absolute atomic E-state index is 13.0. The molecule has 0 radical (unpaired) electrons. The number of benzene rings is 1. The van der Waals surface area contributed by atoms with Gasteiger partial charge in [0.05, 0.1) is 19.8 Å². The summed E-state index contributed by atoms with van der Waals surface area (Å²) in [6.45, 7) is 9.02. The number of carbonyl (C=O) groups excluding carboxylic acids is 2. The van der Waals surface area contributed by atoms with Crippen LogP contribution < -0.4 is 10.2 Å². The van der Waals surface area contributed by atoms with Crippen molar-refractivity contribution in [1.29, 1.82) is 0 Å². The van der Waals surface area contributed by atoms with Gasteiger partial charge in [0.2, 0.25) is 5.91 Å². The van der Waals surface area contributed by atoms with Gasteiger partial charge in [0.25, 0.3) is 5.91 Å². The van der Waals surface area contributed by atoms with E-state index in [1.54, 1.807) is 11.1 Å². The van der Waals surface area contributed by atoms with Crippen LogP contribution in [0.25, 0.3) is 0 Å². The molecule has 29 heavy (non-hydrogen) atoms. The Bertz CT molecular complexity index is 816. The summed E-state index contributed by atoms with van der Waals surface area (Å²) in [6.07, 6.45) is 2.57. The van der Waals surface area contributed by atoms with Crippen LogP contribution in [0.1, 0.15) is 27.2 Å². The number of hydrogen-bond donors (Lipinski definition) is 2. The van der Waals surface area contributed by atoms with E-state index >= 15 is 0 Å². The zero-order valence-corrected chi connectivity index (χ0v) is 17.9. The molecule has 1 fully saturated rings. The molecule has 0 spiro atoms. The monoisotopic (exact) mass is 417 g/mol. The van der Waals surface area contributed by atoms with E-state index in [9.17, 15) is 9.59 Å². The van der Waals surface area contributed by atoms with Gasteiger partial charge in [-0.3, -0.25) is 9.59 Å². The van der Waals surface area contributed by atoms with Gasteiger partial charge in [-0.05, 0) is 26.0 Å². The van der Waals surface area contributed by atoms with Crippen LogP contribution in [0.3, 0.4) is 0 Å². The molecule has 7 nitrogen and oxygen atoms in total. The first-order valence-electron chi connectivity index (χ1n) is 10.0. The number of ether oxygens (including phenoxy) is 1. The highest BCUT2D eigenvalue weighted by atomic mass is 32.1. The van der Waals surface area contributed by atoms with Gasteiger partial charge < -0.3 is 19.9 Å². The van der Waals surface area contributed by atoms with E-state index in [-0.39, 0.29) is 18.4 Å². The van der Waals surface area contributed by atoms with Crippen molar-refractivity contribution in [2.24, 2.45) is 0 Å². The molecule has 1 saturated heterocycles. The normalized spacial score (nSPS) is 14.6. The summed E-state index contributed by atoms with van der Waals surface area (Å²) in [7, 11) is 0. The van der Waals surface area contributed by atoms with E-state index in [0.717, 1.165) is 49.7 Å². The van der Waals surface area contributed by atoms with Crippen LogP contribution in [0.4, 0.5) is 5.13 Å². The van der Waals surface area contributed by atoms with Gasteiger partial charge in [-0.1, -0.05) is 17.7 Å². The van der Waals surface area contributed by atoms with E-state index in [0.29, 0.717) is 17.2 Å². The first-order chi connectivity index (χ1) is 14.0. The fraction of sp³-hybridized carbons (Fsp3) is 0.476. The Morgan fingerprint density at radius 3 is 2.59 bits per heavy atom. The lowest BCUT2D eigenvalue weighted by Crippen LogP contribution is -3.14. The van der Waals surface area contributed by atoms with Crippen LogP contribution >= 0.6 is 11.3 Å². The highest BCUT2D eigenvalue weighted by molar-refractivity contribution is 7.15. The molecule has 1 aliphatic rings. The second-order valence-corrected chi connectivity index (χ2v) is 8.62. The Hall–Kier alpha value is -2.29. The van der Waals surface area contributed by atoms with Crippen LogP contribution in [0, 0.1) is 13.8 Å². The quantitative estimate of drug-likeness (QED) is 0.676. The van der Waals surface area contributed by atoms with E-state index < -0.39 is 0 Å². The molecule has 0 atom stereocenters. The molecule has 0 bridgehead atoms. The Morgan fingerprint density at radius 1 is 1.21 bits per heavy atom. The number of rotatable bonds is 8. The minimum atomic E-state index is -0.224. The number of morpholine rings is 1. The van der Waals surface area contributed by atoms with Crippen molar-refractivity contribution in [2.75, 3.05) is 51.3 Å². The van der Waals surface area contributed by atoms with Crippen LogP contribution in [0.15, 0.2) is 30.5 Å². The van der Waals surface area contributed by atoms with Crippen LogP contribution in [-0.2, 0) is 9.53 Å². The van der Waals surface area contributed by atoms with Crippen molar-refractivity contribution in [3.63, 3.8) is 0 Å². The van der Waals surface area contributed by atoms with E-state index in [1.165, 1.54) is 16.2 Å². The zero-order chi connectivity index (χ0) is 20.6. The number of aromatic nitrogens is 1. The minimum absolute atomic E-state index is 0.0176. The summed E-state index contributed by atoms with van der Waals surface area (Å²) in [6, 6.07) is 7.48. The number of aryl methyl sites for hydroxylation is 2. The van der Waals surface area contributed by atoms with Gasteiger partial charge in [0.15, 0.2) is 5.13 Å². The van der Waals surface area contributed by atoms with Crippen molar-refractivity contribution in [3.8, 4) is 0 Å². The average Bonchev–Trinajstić information content (AvgIpc) is 3.12. The first-order valence-corrected chi connectivity index (χ1v) is 10.8. The number of nitrogens with zero attached hydrogens (tertiary/aromatic N) is 2. The Balaban J connectivity index is 1.61. The van der Waals surface area contributed by atoms with Crippen molar-refractivity contribution < 1.29 is 19.2 Å². The fourth-order valence-electron chi connectivity index (χ4n) is 3.31. The van der Waals surface area contributed by atoms with Gasteiger partial charge >= 0.3 is 0 Å². The molecule has 0 aliphatic carbocycles. The SMILES string of the molecule is Cc1ccc(C(=O)N(CCC[NH+]2CCOCC2)CC(=O)Nc2ncc(C)s2)cc1. The lowest BCUT2D eigenvalue weighted by molar-refractivity contribution is -0.908. The van der Waals surface area contributed by atoms with Crippen LogP contribution in [-0.4, -0.2) is 67.6 Å². The molecule has 1 aliphatic heterocycles. The lowest BCUT2D eigenvalue weighted by Gasteiger charge is -2.26. The van der Waals surface area contributed by atoms with E-state index in [1.807, 2.05) is 38.1 Å². The second-order valence-electron chi connectivity index (χ2n) is 7.38. The molecule has 2 amide bonds. The number of carbonyl (C=O) groups is 2. The molecule has 3 rings (SSSR count). The number of nitrogens with one attached hydrogen (secondary N) is 2. The summed E-state index contributed by atoms with van der Waals surface area (Å²) in [4.78, 5) is 33.9. The van der Waals surface area contributed by atoms with Crippen LogP contribution in [0.2, 0.25) is 0 Å². The molecule has 0 unspecified atom stereocenters. The third-order valence-corrected chi connectivity index (χ3v) is 5.77. The van der Waals surface area contributed by atoms with Gasteiger partial charge in [0.1, 0.15) is 19.6 Å². The smallest absolute Gasteiger partial charge is 0.254 e. The molecule has 8 heteroatoms. The van der Waals surface area contributed by atoms with Crippen molar-refractivity contribution >= 4 is 28.3 Å². The maximum atomic E-state index is 13.0. The molecule has 0 saturated carbocycles. The summed E-state index contributed by atoms with van der Waals surface area (Å²) in [5.41, 5.74) is 1.70. The van der Waals surface area contributed by atoms with E-state index in [4.69, 9.17) is 4.74 Å². The topological polar surface area (TPSA) is 76.0 Å². The Morgan fingerprint density at radius 2 is 1.93 bits per heavy atom. The standard InChI is InChI=1S/C21H28N4O3S/c1-16-4-6-18(7-5-16)20(27)25(9-3-8-24-10-12-28-13-11-24)15-19(26)23-21-22-14-17(2)29-21/h4-7,14H,3,8-13,15H2,1-2H3,(H,22,23,26)/p+1. The largest absolute Gasteiger partial charge is 0.370 e. The average molecular weight is 418 g/mol. The minimum Gasteiger partial charge on any atom is -0.370 e. The predicted octanol–water partition coefficient (Wildman–Crippen LogP) is 1.15. The molecular weight excluding hydrogens is 388 g/mol. The van der Waals surface area contributed by atoms with Crippen molar-refractivity contribution in [3.05, 3.63) is 46.5 Å². The molecule has 1 aromatic carbocycles. The predicted molar refractivity (Wildman–Crippen MR) is 114 cm³/mol. The lowest BCUT2D eigenvalue weighted by atomic mass is 10.1. The van der Waals surface area contributed by atoms with Gasteiger partial charge in [-0.25, -0.2) is 4.98 Å². The number of hydrogen-bond acceptors (Lipinski definition) is 5. The molecule has 2 heterocycles. The van der Waals surface area contributed by atoms with Crippen molar-refractivity contribution in [1.82, 2.24) is 9.88 Å². The van der Waals surface area contributed by atoms with Gasteiger partial charge in [-0.15, -0.1) is 11.3 Å². The van der Waals surface area contributed by atoms with Gasteiger partial charge in [-0.2, -0.15) is 0 Å². The summed E-state index contributed by atoms with van der Waals surface area (Å²) >= 11 is 1.42. The summed E-state index contributed by atoms with van der Waals surface area (Å²) in [5.74, 6) is -0.342. The summed E-state index contributed by atoms with van der Waals surface area (Å²) < 4.78 is 5.40. The molecule has 1 aromatic heterocycles. The van der Waals surface area contributed by atoms with E-state index in [2.05, 4.69) is 10.3 Å². The van der Waals surface area contributed by atoms with Crippen LogP contribution in [0.5, 0.6) is 0 Å². The molecule has 2 N–H and O–H groups in total. The Labute approximate surface area is 175 Å². The van der Waals surface area contributed by atoms with Gasteiger partial charge in [0, 0.05) is 29.6 Å². The number of anilines is 1. The van der Waals surface area contributed by atoms with Crippen molar-refractivity contribution in [2.45, 2.75) is 20.3 Å². The third kappa shape index (κ3) is 6.62. The number of quaternary nitrogens is 1. The third-order valence-electron chi connectivity index (χ3n) is 4.95. The number of amides is 2. The fourth-order valence-corrected chi connectivity index (χ4v) is 3.99. The second kappa shape index (κ2) is 10.5. The first kappa shape index (κ1) is 21.4. The zero-order valence-electron chi connectivity index (χ0n) is 17.1. The highest BCUT2D eigenvalue weighted by Gasteiger charge is 2.21. The Kier molecular flexibility index (Phi) is 7.74. The summed E-state index contributed by atoms with van der Waals surface area (Å²) in [5, 5.41) is 3.36. The maximum Gasteiger partial charge on any atom is 0.254 e.